The number of methoxy groups -OCH3 is 1. The van der Waals surface area contributed by atoms with Gasteiger partial charge in [0.2, 0.25) is 0 Å². The Hall–Kier alpha value is -2.89. The van der Waals surface area contributed by atoms with E-state index in [1.165, 1.54) is 13.3 Å². The largest absolute Gasteiger partial charge is 0.504 e. The average molecular weight is 314 g/mol. The van der Waals surface area contributed by atoms with Gasteiger partial charge in [0.25, 0.3) is 0 Å². The third kappa shape index (κ3) is 3.85. The van der Waals surface area contributed by atoms with Gasteiger partial charge in [0.15, 0.2) is 17.3 Å². The molecule has 2 aromatic rings. The summed E-state index contributed by atoms with van der Waals surface area (Å²) in [6, 6.07) is 5.00. The first kappa shape index (κ1) is 16.5. The molecule has 2 N–H and O–H groups in total. The van der Waals surface area contributed by atoms with Gasteiger partial charge in [-0.15, -0.1) is 0 Å². The molecule has 0 bridgehead atoms. The number of nitrogens with zero attached hydrogens (tertiary/aromatic N) is 2. The summed E-state index contributed by atoms with van der Waals surface area (Å²) < 4.78 is 4.99. The Morgan fingerprint density at radius 2 is 2.04 bits per heavy atom. The SMILES string of the molecule is COc1ccc(C=Cc2ncc(C(=O)O)c(C(C)C)n2)cc1O. The molecule has 6 nitrogen and oxygen atoms in total. The Labute approximate surface area is 134 Å². The fraction of sp³-hybridized carbons (Fsp3) is 0.235. The van der Waals surface area contributed by atoms with Crippen molar-refractivity contribution >= 4 is 18.1 Å². The van der Waals surface area contributed by atoms with Crippen molar-refractivity contribution in [3.63, 3.8) is 0 Å². The van der Waals surface area contributed by atoms with E-state index < -0.39 is 5.97 Å². The lowest BCUT2D eigenvalue weighted by Crippen LogP contribution is -2.08. The van der Waals surface area contributed by atoms with Crippen molar-refractivity contribution in [2.45, 2.75) is 19.8 Å². The minimum Gasteiger partial charge on any atom is -0.504 e. The van der Waals surface area contributed by atoms with Crippen LogP contribution in [0, 0.1) is 0 Å². The number of carboxylic acid groups (broad SMARTS) is 1. The lowest BCUT2D eigenvalue weighted by molar-refractivity contribution is 0.0694. The highest BCUT2D eigenvalue weighted by atomic mass is 16.5. The first-order valence-corrected chi connectivity index (χ1v) is 7.07. The summed E-state index contributed by atoms with van der Waals surface area (Å²) in [4.78, 5) is 19.5. The number of benzene rings is 1. The second kappa shape index (κ2) is 6.91. The minimum absolute atomic E-state index is 0.0266. The van der Waals surface area contributed by atoms with Crippen LogP contribution < -0.4 is 4.74 Å². The van der Waals surface area contributed by atoms with Crippen LogP contribution in [-0.2, 0) is 0 Å². The van der Waals surface area contributed by atoms with E-state index >= 15 is 0 Å². The fourth-order valence-corrected chi connectivity index (χ4v) is 2.08. The van der Waals surface area contributed by atoms with Crippen LogP contribution in [0.1, 0.15) is 47.2 Å². The number of carbonyl (C=O) groups is 1. The maximum absolute atomic E-state index is 11.2. The van der Waals surface area contributed by atoms with E-state index in [1.54, 1.807) is 30.4 Å². The van der Waals surface area contributed by atoms with Crippen LogP contribution in [0.3, 0.4) is 0 Å². The number of aromatic nitrogens is 2. The maximum Gasteiger partial charge on any atom is 0.339 e. The molecule has 1 aromatic heterocycles. The fourth-order valence-electron chi connectivity index (χ4n) is 2.08. The monoisotopic (exact) mass is 314 g/mol. The number of hydrogen-bond acceptors (Lipinski definition) is 5. The third-order valence-corrected chi connectivity index (χ3v) is 3.24. The number of phenols is 1. The highest BCUT2D eigenvalue weighted by molar-refractivity contribution is 5.88. The Morgan fingerprint density at radius 1 is 1.30 bits per heavy atom. The smallest absolute Gasteiger partial charge is 0.339 e. The molecule has 0 aliphatic heterocycles. The summed E-state index contributed by atoms with van der Waals surface area (Å²) >= 11 is 0. The zero-order valence-electron chi connectivity index (χ0n) is 13.1. The summed E-state index contributed by atoms with van der Waals surface area (Å²) in [7, 11) is 1.48. The summed E-state index contributed by atoms with van der Waals surface area (Å²) in [5, 5.41) is 18.9. The highest BCUT2D eigenvalue weighted by Crippen LogP contribution is 2.27. The molecule has 120 valence electrons. The normalized spacial score (nSPS) is 11.1. The maximum atomic E-state index is 11.2. The number of phenolic OH excluding ortho intramolecular Hbond substituents is 1. The average Bonchev–Trinajstić information content (AvgIpc) is 2.52. The second-order valence-electron chi connectivity index (χ2n) is 5.25. The van der Waals surface area contributed by atoms with Crippen molar-refractivity contribution in [2.24, 2.45) is 0 Å². The molecule has 0 amide bonds. The summed E-state index contributed by atoms with van der Waals surface area (Å²) in [6.07, 6.45) is 4.72. The molecule has 0 unspecified atom stereocenters. The number of aromatic hydroxyl groups is 1. The van der Waals surface area contributed by atoms with Crippen molar-refractivity contribution in [3.8, 4) is 11.5 Å². The van der Waals surface area contributed by atoms with E-state index in [1.807, 2.05) is 13.8 Å². The van der Waals surface area contributed by atoms with Gasteiger partial charge in [-0.25, -0.2) is 14.8 Å². The number of ether oxygens (including phenoxy) is 1. The van der Waals surface area contributed by atoms with Gasteiger partial charge in [0, 0.05) is 6.20 Å². The van der Waals surface area contributed by atoms with E-state index in [2.05, 4.69) is 9.97 Å². The van der Waals surface area contributed by atoms with Gasteiger partial charge < -0.3 is 14.9 Å². The van der Waals surface area contributed by atoms with Crippen LogP contribution in [0.25, 0.3) is 12.2 Å². The number of carboxylic acids is 1. The highest BCUT2D eigenvalue weighted by Gasteiger charge is 2.15. The van der Waals surface area contributed by atoms with E-state index in [4.69, 9.17) is 9.84 Å². The minimum atomic E-state index is -1.04. The van der Waals surface area contributed by atoms with Crippen LogP contribution in [0.4, 0.5) is 0 Å². The molecule has 0 saturated heterocycles. The van der Waals surface area contributed by atoms with E-state index in [0.717, 1.165) is 5.56 Å². The van der Waals surface area contributed by atoms with Crippen LogP contribution in [0.5, 0.6) is 11.5 Å². The number of hydrogen-bond donors (Lipinski definition) is 2. The van der Waals surface area contributed by atoms with Gasteiger partial charge in [-0.1, -0.05) is 26.0 Å². The Balaban J connectivity index is 2.31. The van der Waals surface area contributed by atoms with Crippen LogP contribution >= 0.6 is 0 Å². The van der Waals surface area contributed by atoms with Gasteiger partial charge in [-0.3, -0.25) is 0 Å². The van der Waals surface area contributed by atoms with E-state index in [9.17, 15) is 9.90 Å². The van der Waals surface area contributed by atoms with Gasteiger partial charge in [0.1, 0.15) is 0 Å². The Morgan fingerprint density at radius 3 is 2.61 bits per heavy atom. The topological polar surface area (TPSA) is 92.5 Å². The number of aromatic carboxylic acids is 1. The van der Waals surface area contributed by atoms with Crippen molar-refractivity contribution in [1.29, 1.82) is 0 Å². The molecule has 0 spiro atoms. The van der Waals surface area contributed by atoms with E-state index in [-0.39, 0.29) is 17.2 Å². The van der Waals surface area contributed by atoms with Gasteiger partial charge in [-0.2, -0.15) is 0 Å². The summed E-state index contributed by atoms with van der Waals surface area (Å²) in [6.45, 7) is 3.76. The standard InChI is InChI=1S/C17H18N2O4/c1-10(2)16-12(17(21)22)9-18-15(19-16)7-5-11-4-6-14(23-3)13(20)8-11/h4-10,20H,1-3H3,(H,21,22). The molecule has 1 heterocycles. The van der Waals surface area contributed by atoms with Gasteiger partial charge in [0.05, 0.1) is 18.4 Å². The Bertz CT molecular complexity index is 754. The van der Waals surface area contributed by atoms with Crippen molar-refractivity contribution in [2.75, 3.05) is 7.11 Å². The second-order valence-corrected chi connectivity index (χ2v) is 5.25. The number of rotatable bonds is 5. The van der Waals surface area contributed by atoms with Gasteiger partial charge in [-0.05, 0) is 29.7 Å². The molecule has 0 radical (unpaired) electrons. The van der Waals surface area contributed by atoms with Crippen LogP contribution in [-0.4, -0.2) is 33.3 Å². The molecule has 0 atom stereocenters. The molecule has 0 fully saturated rings. The molecular weight excluding hydrogens is 296 g/mol. The predicted octanol–water partition coefficient (Wildman–Crippen LogP) is 3.18. The summed E-state index contributed by atoms with van der Waals surface area (Å²) in [5.41, 5.74) is 1.35. The zero-order valence-corrected chi connectivity index (χ0v) is 13.1. The van der Waals surface area contributed by atoms with E-state index in [0.29, 0.717) is 17.3 Å². The van der Waals surface area contributed by atoms with Crippen LogP contribution in [0.15, 0.2) is 24.4 Å². The molecule has 0 saturated carbocycles. The summed E-state index contributed by atoms with van der Waals surface area (Å²) in [5.74, 6) is -0.217. The molecule has 0 aliphatic rings. The predicted molar refractivity (Wildman–Crippen MR) is 86.7 cm³/mol. The quantitative estimate of drug-likeness (QED) is 0.880. The Kier molecular flexibility index (Phi) is 4.95. The van der Waals surface area contributed by atoms with Crippen molar-refractivity contribution in [3.05, 3.63) is 47.0 Å². The molecule has 23 heavy (non-hydrogen) atoms. The lowest BCUT2D eigenvalue weighted by atomic mass is 10.1. The van der Waals surface area contributed by atoms with Crippen molar-refractivity contribution < 1.29 is 19.7 Å². The molecule has 6 heteroatoms. The first-order valence-electron chi connectivity index (χ1n) is 7.07. The third-order valence-electron chi connectivity index (χ3n) is 3.24. The van der Waals surface area contributed by atoms with Gasteiger partial charge >= 0.3 is 5.97 Å². The molecular formula is C17H18N2O4. The first-order chi connectivity index (χ1) is 10.9. The molecule has 1 aromatic carbocycles. The lowest BCUT2D eigenvalue weighted by Gasteiger charge is -2.08. The van der Waals surface area contributed by atoms with Crippen LogP contribution in [0.2, 0.25) is 0 Å². The van der Waals surface area contributed by atoms with Crippen molar-refractivity contribution in [1.82, 2.24) is 9.97 Å². The molecule has 2 rings (SSSR count). The molecule has 0 aliphatic carbocycles. The zero-order chi connectivity index (χ0) is 17.0.